The topological polar surface area (TPSA) is 126 Å². The van der Waals surface area contributed by atoms with Crippen molar-refractivity contribution in [1.29, 1.82) is 0 Å². The van der Waals surface area contributed by atoms with Gasteiger partial charge in [-0.1, -0.05) is 13.8 Å². The van der Waals surface area contributed by atoms with Crippen LogP contribution in [0.1, 0.15) is 44.0 Å². The predicted molar refractivity (Wildman–Crippen MR) is 151 cm³/mol. The van der Waals surface area contributed by atoms with Crippen LogP contribution in [-0.4, -0.2) is 77.6 Å². The van der Waals surface area contributed by atoms with Gasteiger partial charge in [-0.25, -0.2) is 9.97 Å². The van der Waals surface area contributed by atoms with E-state index in [0.29, 0.717) is 29.8 Å². The van der Waals surface area contributed by atoms with Gasteiger partial charge in [-0.2, -0.15) is 4.98 Å². The van der Waals surface area contributed by atoms with E-state index >= 15 is 0 Å². The molecule has 0 spiro atoms. The minimum atomic E-state index is -0.434. The summed E-state index contributed by atoms with van der Waals surface area (Å²) in [6.45, 7) is 6.40. The highest BCUT2D eigenvalue weighted by Crippen LogP contribution is 2.46. The van der Waals surface area contributed by atoms with Crippen LogP contribution in [0.25, 0.3) is 0 Å². The first-order valence-corrected chi connectivity index (χ1v) is 13.0. The molecule has 0 aromatic carbocycles. The summed E-state index contributed by atoms with van der Waals surface area (Å²) >= 11 is 0. The van der Waals surface area contributed by atoms with Gasteiger partial charge in [-0.15, -0.1) is 0 Å². The van der Waals surface area contributed by atoms with Gasteiger partial charge in [0.05, 0.1) is 23.4 Å². The van der Waals surface area contributed by atoms with Crippen molar-refractivity contribution in [3.8, 4) is 5.88 Å². The van der Waals surface area contributed by atoms with Crippen molar-refractivity contribution in [3.05, 3.63) is 52.1 Å². The Labute approximate surface area is 228 Å². The zero-order valence-electron chi connectivity index (χ0n) is 23.3. The van der Waals surface area contributed by atoms with Gasteiger partial charge < -0.3 is 24.8 Å². The number of ether oxygens (including phenoxy) is 1. The third kappa shape index (κ3) is 5.42. The molecule has 1 aliphatic heterocycles. The van der Waals surface area contributed by atoms with Crippen molar-refractivity contribution in [2.45, 2.75) is 38.0 Å². The molecule has 1 fully saturated rings. The van der Waals surface area contributed by atoms with Crippen LogP contribution in [-0.2, 0) is 5.41 Å². The zero-order valence-corrected chi connectivity index (χ0v) is 23.3. The van der Waals surface area contributed by atoms with E-state index in [1.807, 2.05) is 25.1 Å². The van der Waals surface area contributed by atoms with E-state index < -0.39 is 4.92 Å². The molecule has 206 valence electrons. The van der Waals surface area contributed by atoms with Gasteiger partial charge in [0, 0.05) is 55.8 Å². The largest absolute Gasteiger partial charge is 0.479 e. The lowest BCUT2D eigenvalue weighted by molar-refractivity contribution is -0.384. The number of hydrogen-bond acceptors (Lipinski definition) is 11. The van der Waals surface area contributed by atoms with Crippen molar-refractivity contribution in [2.75, 3.05) is 63.0 Å². The van der Waals surface area contributed by atoms with Gasteiger partial charge in [-0.3, -0.25) is 15.1 Å². The van der Waals surface area contributed by atoms with Gasteiger partial charge in [0.25, 0.3) is 0 Å². The standard InChI is InChI=1S/C27H35N9O3/c1-27(2)15-35(20-10-9-18(17-7-8-17)31-24(20)27)23-14-22(28-16-29-23)30-19-13-21(36(37)38)25(32-26(19)39-6)34(5)12-11-33(3)4/h9-10,13-14,16-17H,7-8,11-12,15H2,1-6H3,(H,28,29,30). The van der Waals surface area contributed by atoms with Gasteiger partial charge in [0.1, 0.15) is 23.7 Å². The van der Waals surface area contributed by atoms with Gasteiger partial charge >= 0.3 is 5.69 Å². The van der Waals surface area contributed by atoms with Gasteiger partial charge in [-0.05, 0) is 39.1 Å². The molecule has 1 N–H and O–H groups in total. The van der Waals surface area contributed by atoms with Crippen LogP contribution in [0.3, 0.4) is 0 Å². The summed E-state index contributed by atoms with van der Waals surface area (Å²) in [7, 11) is 7.16. The molecule has 0 unspecified atom stereocenters. The lowest BCUT2D eigenvalue weighted by Gasteiger charge is -2.22. The minimum Gasteiger partial charge on any atom is -0.479 e. The Morgan fingerprint density at radius 2 is 1.92 bits per heavy atom. The Balaban J connectivity index is 1.44. The molecular weight excluding hydrogens is 498 g/mol. The lowest BCUT2D eigenvalue weighted by Crippen LogP contribution is -2.29. The van der Waals surface area contributed by atoms with Crippen molar-refractivity contribution in [1.82, 2.24) is 24.8 Å². The normalized spacial score (nSPS) is 15.8. The van der Waals surface area contributed by atoms with Crippen LogP contribution in [0.15, 0.2) is 30.6 Å². The van der Waals surface area contributed by atoms with Crippen LogP contribution in [0, 0.1) is 10.1 Å². The van der Waals surface area contributed by atoms with E-state index in [1.165, 1.54) is 38.0 Å². The number of nitrogens with one attached hydrogen (secondary N) is 1. The molecule has 1 saturated carbocycles. The van der Waals surface area contributed by atoms with Gasteiger partial charge in [0.15, 0.2) is 0 Å². The number of hydrogen-bond donors (Lipinski definition) is 1. The summed E-state index contributed by atoms with van der Waals surface area (Å²) in [5.41, 5.74) is 3.37. The lowest BCUT2D eigenvalue weighted by atomic mass is 9.91. The fourth-order valence-corrected chi connectivity index (χ4v) is 4.84. The summed E-state index contributed by atoms with van der Waals surface area (Å²) in [5.74, 6) is 2.24. The third-order valence-corrected chi connectivity index (χ3v) is 7.15. The molecule has 1 aliphatic carbocycles. The fourth-order valence-electron chi connectivity index (χ4n) is 4.84. The summed E-state index contributed by atoms with van der Waals surface area (Å²) in [6.07, 6.45) is 3.90. The number of methoxy groups -OCH3 is 1. The molecule has 0 amide bonds. The number of fused-ring (bicyclic) bond motifs is 1. The molecule has 12 nitrogen and oxygen atoms in total. The average molecular weight is 534 g/mol. The van der Waals surface area contributed by atoms with Gasteiger partial charge in [0.2, 0.25) is 11.7 Å². The molecule has 0 atom stereocenters. The van der Waals surface area contributed by atoms with Crippen LogP contribution >= 0.6 is 0 Å². The molecule has 4 heterocycles. The zero-order chi connectivity index (χ0) is 27.9. The second-order valence-corrected chi connectivity index (χ2v) is 11.1. The predicted octanol–water partition coefficient (Wildman–Crippen LogP) is 4.23. The second kappa shape index (κ2) is 10.3. The molecule has 2 aliphatic rings. The Bertz CT molecular complexity index is 1390. The number of aromatic nitrogens is 4. The first kappa shape index (κ1) is 26.5. The molecule has 0 saturated heterocycles. The first-order valence-electron chi connectivity index (χ1n) is 13.0. The Morgan fingerprint density at radius 1 is 1.15 bits per heavy atom. The molecule has 0 bridgehead atoms. The maximum Gasteiger partial charge on any atom is 0.313 e. The molecule has 3 aromatic heterocycles. The van der Waals surface area contributed by atoms with E-state index in [1.54, 1.807) is 11.9 Å². The highest BCUT2D eigenvalue weighted by Gasteiger charge is 2.39. The highest BCUT2D eigenvalue weighted by atomic mass is 16.6. The average Bonchev–Trinajstić information content (AvgIpc) is 3.72. The first-order chi connectivity index (χ1) is 18.6. The Kier molecular flexibility index (Phi) is 6.98. The molecule has 39 heavy (non-hydrogen) atoms. The van der Waals surface area contributed by atoms with E-state index in [-0.39, 0.29) is 22.8 Å². The van der Waals surface area contributed by atoms with Crippen LogP contribution in [0.4, 0.5) is 34.5 Å². The number of nitro groups is 1. The summed E-state index contributed by atoms with van der Waals surface area (Å²) in [6, 6.07) is 7.52. The van der Waals surface area contributed by atoms with E-state index in [0.717, 1.165) is 24.5 Å². The van der Waals surface area contributed by atoms with Crippen LogP contribution in [0.5, 0.6) is 5.88 Å². The number of nitrogens with zero attached hydrogens (tertiary/aromatic N) is 8. The second-order valence-electron chi connectivity index (χ2n) is 11.1. The van der Waals surface area contributed by atoms with Crippen LogP contribution < -0.4 is 19.9 Å². The Morgan fingerprint density at radius 3 is 2.59 bits per heavy atom. The summed E-state index contributed by atoms with van der Waals surface area (Å²) in [5, 5.41) is 15.1. The number of anilines is 5. The maximum absolute atomic E-state index is 12.0. The molecule has 5 rings (SSSR count). The third-order valence-electron chi connectivity index (χ3n) is 7.15. The number of rotatable bonds is 10. The van der Waals surface area contributed by atoms with Crippen LogP contribution in [0.2, 0.25) is 0 Å². The van der Waals surface area contributed by atoms with Crippen molar-refractivity contribution in [3.63, 3.8) is 0 Å². The molecular formula is C27H35N9O3. The number of likely N-dealkylation sites (N-methyl/N-ethyl adjacent to an activating group) is 2. The molecule has 3 aromatic rings. The monoisotopic (exact) mass is 533 g/mol. The van der Waals surface area contributed by atoms with E-state index in [4.69, 9.17) is 9.72 Å². The smallest absolute Gasteiger partial charge is 0.313 e. The van der Waals surface area contributed by atoms with E-state index in [2.05, 4.69) is 51.1 Å². The minimum absolute atomic E-state index is 0.124. The number of pyridine rings is 2. The molecule has 12 heteroatoms. The SMILES string of the molecule is COc1nc(N(C)CCN(C)C)c([N+](=O)[O-])cc1Nc1cc(N2CC(C)(C)c3nc(C4CC4)ccc32)ncn1. The summed E-state index contributed by atoms with van der Waals surface area (Å²) < 4.78 is 5.51. The highest BCUT2D eigenvalue weighted by molar-refractivity contribution is 5.74. The van der Waals surface area contributed by atoms with E-state index in [9.17, 15) is 10.1 Å². The summed E-state index contributed by atoms with van der Waals surface area (Å²) in [4.78, 5) is 35.9. The molecule has 0 radical (unpaired) electrons. The van der Waals surface area contributed by atoms with Crippen molar-refractivity contribution >= 4 is 34.5 Å². The van der Waals surface area contributed by atoms with Crippen molar-refractivity contribution in [2.24, 2.45) is 0 Å². The van der Waals surface area contributed by atoms with Crippen molar-refractivity contribution < 1.29 is 9.66 Å². The quantitative estimate of drug-likeness (QED) is 0.297. The maximum atomic E-state index is 12.0. The fraction of sp³-hybridized carbons (Fsp3) is 0.481. The Hall–Kier alpha value is -4.06.